The number of nitrogens with zero attached hydrogens (tertiary/aromatic N) is 1. The molecular formula is C44H83NO6PS+. The molecule has 0 aliphatic rings. The number of hydrogen-bond acceptors (Lipinski definition) is 6. The van der Waals surface area contributed by atoms with Crippen LogP contribution in [0.3, 0.4) is 0 Å². The third kappa shape index (κ3) is 42.0. The lowest BCUT2D eigenvalue weighted by Crippen LogP contribution is -2.37. The third-order valence-electron chi connectivity index (χ3n) is 8.89. The van der Waals surface area contributed by atoms with E-state index in [9.17, 15) is 14.3 Å². The number of carbonyl (C=O) groups is 1. The average Bonchev–Trinajstić information content (AvgIpc) is 3.11. The molecule has 0 aromatic rings. The SMILES string of the molecule is CCCCC/C=C/C/C=C/C/C=C\C/C=C\CCCC(=O)S[C@H](COCCCCCCCCCCCCCCCC)COP(=O)(O)OCC[N+](C)(C)C. The van der Waals surface area contributed by atoms with Crippen molar-refractivity contribution in [2.24, 2.45) is 0 Å². The molecule has 0 amide bonds. The molecule has 0 rings (SSSR count). The summed E-state index contributed by atoms with van der Waals surface area (Å²) in [5.74, 6) is 0. The molecule has 1 unspecified atom stereocenters. The first-order chi connectivity index (χ1) is 25.6. The van der Waals surface area contributed by atoms with Crippen LogP contribution in [-0.2, 0) is 23.1 Å². The summed E-state index contributed by atoms with van der Waals surface area (Å²) in [4.78, 5) is 23.1. The monoisotopic (exact) mass is 785 g/mol. The highest BCUT2D eigenvalue weighted by Crippen LogP contribution is 2.43. The first kappa shape index (κ1) is 52.0. The van der Waals surface area contributed by atoms with Gasteiger partial charge in [-0.15, -0.1) is 0 Å². The zero-order valence-electron chi connectivity index (χ0n) is 35.0. The molecule has 310 valence electrons. The Labute approximate surface area is 332 Å². The number of phosphoric ester groups is 1. The van der Waals surface area contributed by atoms with Gasteiger partial charge in [0.1, 0.15) is 13.2 Å². The average molecular weight is 785 g/mol. The number of rotatable bonds is 39. The van der Waals surface area contributed by atoms with Gasteiger partial charge >= 0.3 is 7.82 Å². The van der Waals surface area contributed by atoms with Gasteiger partial charge < -0.3 is 14.1 Å². The fourth-order valence-electron chi connectivity index (χ4n) is 5.54. The fourth-order valence-corrected chi connectivity index (χ4v) is 7.33. The van der Waals surface area contributed by atoms with Gasteiger partial charge in [0, 0.05) is 13.0 Å². The lowest BCUT2D eigenvalue weighted by Gasteiger charge is -2.24. The van der Waals surface area contributed by atoms with Crippen LogP contribution >= 0.6 is 19.6 Å². The molecule has 9 heteroatoms. The Hall–Kier alpha value is -0.990. The molecule has 0 saturated heterocycles. The van der Waals surface area contributed by atoms with Crippen molar-refractivity contribution < 1.29 is 32.5 Å². The minimum absolute atomic E-state index is 0.0494. The van der Waals surface area contributed by atoms with Crippen LogP contribution in [0.1, 0.15) is 168 Å². The molecule has 53 heavy (non-hydrogen) atoms. The van der Waals surface area contributed by atoms with Crippen molar-refractivity contribution in [1.82, 2.24) is 0 Å². The van der Waals surface area contributed by atoms with Crippen LogP contribution in [0.15, 0.2) is 48.6 Å². The first-order valence-electron chi connectivity index (χ1n) is 21.4. The summed E-state index contributed by atoms with van der Waals surface area (Å²) < 4.78 is 29.6. The summed E-state index contributed by atoms with van der Waals surface area (Å²) in [6.45, 7) is 6.03. The van der Waals surface area contributed by atoms with Gasteiger partial charge in [0.05, 0.1) is 39.6 Å². The minimum atomic E-state index is -4.22. The molecule has 0 radical (unpaired) electrons. The highest BCUT2D eigenvalue weighted by atomic mass is 32.2. The molecular weight excluding hydrogens is 702 g/mol. The van der Waals surface area contributed by atoms with Gasteiger partial charge in [0.25, 0.3) is 0 Å². The first-order valence-corrected chi connectivity index (χ1v) is 23.8. The van der Waals surface area contributed by atoms with Crippen LogP contribution in [0.25, 0.3) is 0 Å². The van der Waals surface area contributed by atoms with Gasteiger partial charge in [-0.2, -0.15) is 0 Å². The Morgan fingerprint density at radius 1 is 0.604 bits per heavy atom. The predicted molar refractivity (Wildman–Crippen MR) is 231 cm³/mol. The number of quaternary nitrogens is 1. The number of ether oxygens (including phenoxy) is 1. The standard InChI is InChI=1S/C44H82NO6PS/c1-6-8-10-12-14-16-18-20-22-23-24-25-27-29-31-33-35-37-44(46)53-43(42-51-52(47,48)50-40-38-45(3,4)5)41-49-39-36-34-32-30-28-26-21-19-17-15-13-11-9-7-2/h14,16,20,22,24-25,29,31,43H,6-13,15,17-19,21,23,26-28,30,32-42H2,1-5H3/p+1/b16-14+,22-20+,25-24-,31-29-/t43-/m1/s1. The number of phosphoric acid groups is 1. The second kappa shape index (κ2) is 37.9. The van der Waals surface area contributed by atoms with Crippen molar-refractivity contribution in [3.05, 3.63) is 48.6 Å². The van der Waals surface area contributed by atoms with E-state index in [0.717, 1.165) is 56.7 Å². The van der Waals surface area contributed by atoms with Gasteiger partial charge in [0.2, 0.25) is 0 Å². The highest BCUT2D eigenvalue weighted by Gasteiger charge is 2.26. The zero-order chi connectivity index (χ0) is 39.1. The maximum Gasteiger partial charge on any atom is 0.472 e. The van der Waals surface area contributed by atoms with E-state index in [1.54, 1.807) is 0 Å². The van der Waals surface area contributed by atoms with Crippen molar-refractivity contribution in [3.8, 4) is 0 Å². The highest BCUT2D eigenvalue weighted by molar-refractivity contribution is 8.14. The number of likely N-dealkylation sites (N-methyl/N-ethyl adjacent to an activating group) is 1. The molecule has 0 fully saturated rings. The summed E-state index contributed by atoms with van der Waals surface area (Å²) in [5, 5.41) is -0.318. The van der Waals surface area contributed by atoms with E-state index in [2.05, 4.69) is 62.5 Å². The second-order valence-electron chi connectivity index (χ2n) is 15.4. The summed E-state index contributed by atoms with van der Waals surface area (Å²) in [7, 11) is 1.75. The van der Waals surface area contributed by atoms with Crippen LogP contribution in [0, 0.1) is 0 Å². The zero-order valence-corrected chi connectivity index (χ0v) is 36.7. The molecule has 0 saturated carbocycles. The molecule has 0 heterocycles. The Bertz CT molecular complexity index is 993. The second-order valence-corrected chi connectivity index (χ2v) is 18.2. The lowest BCUT2D eigenvalue weighted by molar-refractivity contribution is -0.870. The number of hydrogen-bond donors (Lipinski definition) is 1. The van der Waals surface area contributed by atoms with E-state index in [1.165, 1.54) is 103 Å². The Morgan fingerprint density at radius 2 is 1.06 bits per heavy atom. The maximum absolute atomic E-state index is 12.8. The normalized spacial score (nSPS) is 14.4. The summed E-state index contributed by atoms with van der Waals surface area (Å²) >= 11 is 1.16. The van der Waals surface area contributed by atoms with Gasteiger partial charge in [-0.1, -0.05) is 171 Å². The molecule has 0 bridgehead atoms. The van der Waals surface area contributed by atoms with E-state index in [-0.39, 0.29) is 23.6 Å². The Kier molecular flexibility index (Phi) is 37.2. The van der Waals surface area contributed by atoms with Crippen molar-refractivity contribution in [2.75, 3.05) is 54.1 Å². The van der Waals surface area contributed by atoms with Crippen LogP contribution < -0.4 is 0 Å². The van der Waals surface area contributed by atoms with Crippen LogP contribution in [0.5, 0.6) is 0 Å². The van der Waals surface area contributed by atoms with Crippen molar-refractivity contribution >= 4 is 24.7 Å². The number of unbranched alkanes of at least 4 members (excludes halogenated alkanes) is 17. The molecule has 0 aromatic heterocycles. The third-order valence-corrected chi connectivity index (χ3v) is 11.0. The smallest absolute Gasteiger partial charge is 0.380 e. The molecule has 0 aliphatic heterocycles. The molecule has 1 N–H and O–H groups in total. The number of allylic oxidation sites excluding steroid dienone is 8. The van der Waals surface area contributed by atoms with Gasteiger partial charge in [-0.25, -0.2) is 4.57 Å². The molecule has 0 spiro atoms. The van der Waals surface area contributed by atoms with E-state index in [1.807, 2.05) is 21.1 Å². The lowest BCUT2D eigenvalue weighted by atomic mass is 10.0. The summed E-state index contributed by atoms with van der Waals surface area (Å²) in [6.07, 6.45) is 45.9. The van der Waals surface area contributed by atoms with Crippen molar-refractivity contribution in [1.29, 1.82) is 0 Å². The van der Waals surface area contributed by atoms with Crippen LogP contribution in [0.4, 0.5) is 0 Å². The predicted octanol–water partition coefficient (Wildman–Crippen LogP) is 13.1. The van der Waals surface area contributed by atoms with E-state index in [0.29, 0.717) is 30.7 Å². The topological polar surface area (TPSA) is 82.1 Å². The Balaban J connectivity index is 4.36. The van der Waals surface area contributed by atoms with Gasteiger partial charge in [0.15, 0.2) is 5.12 Å². The van der Waals surface area contributed by atoms with Crippen molar-refractivity contribution in [3.63, 3.8) is 0 Å². The quantitative estimate of drug-likeness (QED) is 0.0288. The fraction of sp³-hybridized carbons (Fsp3) is 0.795. The number of carbonyl (C=O) groups excluding carboxylic acids is 1. The maximum atomic E-state index is 12.8. The van der Waals surface area contributed by atoms with Gasteiger partial charge in [-0.05, 0) is 51.4 Å². The van der Waals surface area contributed by atoms with E-state index >= 15 is 0 Å². The molecule has 0 aromatic carbocycles. The molecule has 0 aliphatic carbocycles. The largest absolute Gasteiger partial charge is 0.472 e. The molecule has 2 atom stereocenters. The summed E-state index contributed by atoms with van der Waals surface area (Å²) in [6, 6.07) is 0. The Morgan fingerprint density at radius 3 is 1.57 bits per heavy atom. The van der Waals surface area contributed by atoms with E-state index < -0.39 is 7.82 Å². The van der Waals surface area contributed by atoms with Crippen LogP contribution in [0.2, 0.25) is 0 Å². The minimum Gasteiger partial charge on any atom is -0.380 e. The van der Waals surface area contributed by atoms with Gasteiger partial charge in [-0.3, -0.25) is 13.8 Å². The molecule has 7 nitrogen and oxygen atoms in total. The number of thioether (sulfide) groups is 1. The van der Waals surface area contributed by atoms with E-state index in [4.69, 9.17) is 13.8 Å². The van der Waals surface area contributed by atoms with Crippen molar-refractivity contribution in [2.45, 2.75) is 173 Å². The van der Waals surface area contributed by atoms with Crippen LogP contribution in [-0.4, -0.2) is 73.9 Å². The summed E-state index contributed by atoms with van der Waals surface area (Å²) in [5.41, 5.74) is 0.